The van der Waals surface area contributed by atoms with Crippen molar-refractivity contribution in [3.05, 3.63) is 36.5 Å². The first-order chi connectivity index (χ1) is 11.1. The molecule has 2 aromatic rings. The van der Waals surface area contributed by atoms with Crippen molar-refractivity contribution in [2.45, 2.75) is 24.0 Å². The van der Waals surface area contributed by atoms with E-state index in [-0.39, 0.29) is 11.2 Å². The number of rotatable bonds is 4. The van der Waals surface area contributed by atoms with Crippen molar-refractivity contribution in [3.63, 3.8) is 0 Å². The van der Waals surface area contributed by atoms with Gasteiger partial charge >= 0.3 is 0 Å². The zero-order chi connectivity index (χ0) is 16.2. The van der Waals surface area contributed by atoms with Gasteiger partial charge in [-0.1, -0.05) is 0 Å². The molecule has 122 valence electrons. The third-order valence-corrected chi connectivity index (χ3v) is 5.12. The first-order valence-electron chi connectivity index (χ1n) is 7.66. The highest BCUT2D eigenvalue weighted by molar-refractivity contribution is 8.00. The van der Waals surface area contributed by atoms with Crippen LogP contribution < -0.4 is 4.90 Å². The highest BCUT2D eigenvalue weighted by Gasteiger charge is 2.26. The number of hydrogen-bond acceptors (Lipinski definition) is 6. The Morgan fingerprint density at radius 2 is 1.96 bits per heavy atom. The molecule has 0 aliphatic carbocycles. The maximum absolute atomic E-state index is 12.6. The molecular weight excluding hydrogens is 312 g/mol. The van der Waals surface area contributed by atoms with Crippen LogP contribution in [0.2, 0.25) is 0 Å². The molecule has 1 unspecified atom stereocenters. The van der Waals surface area contributed by atoms with Crippen LogP contribution in [0.3, 0.4) is 0 Å². The molecular formula is C16H20N4O2S. The fourth-order valence-corrected chi connectivity index (χ4v) is 3.55. The SMILES string of the molecule is Cc1occc1SC(C)C(=O)N1CCN(c2ncccn2)CC1. The maximum atomic E-state index is 12.6. The molecule has 1 saturated heterocycles. The normalized spacial score (nSPS) is 16.4. The van der Waals surface area contributed by atoms with Crippen molar-refractivity contribution in [2.24, 2.45) is 0 Å². The number of amides is 1. The Bertz CT molecular complexity index is 653. The zero-order valence-electron chi connectivity index (χ0n) is 13.3. The van der Waals surface area contributed by atoms with Crippen LogP contribution >= 0.6 is 11.8 Å². The molecule has 2 aromatic heterocycles. The third-order valence-electron chi connectivity index (χ3n) is 3.89. The summed E-state index contributed by atoms with van der Waals surface area (Å²) >= 11 is 1.55. The van der Waals surface area contributed by atoms with Gasteiger partial charge < -0.3 is 14.2 Å². The van der Waals surface area contributed by atoms with Crippen molar-refractivity contribution in [1.82, 2.24) is 14.9 Å². The Morgan fingerprint density at radius 3 is 2.57 bits per heavy atom. The Labute approximate surface area is 139 Å². The molecule has 0 saturated carbocycles. The third kappa shape index (κ3) is 3.67. The van der Waals surface area contributed by atoms with E-state index in [2.05, 4.69) is 14.9 Å². The van der Waals surface area contributed by atoms with Crippen LogP contribution in [0.15, 0.2) is 40.1 Å². The molecule has 1 fully saturated rings. The monoisotopic (exact) mass is 332 g/mol. The molecule has 1 amide bonds. The second kappa shape index (κ2) is 7.04. The average Bonchev–Trinajstić information content (AvgIpc) is 3.00. The van der Waals surface area contributed by atoms with Gasteiger partial charge in [0.25, 0.3) is 0 Å². The van der Waals surface area contributed by atoms with Crippen LogP contribution in [0.5, 0.6) is 0 Å². The number of carbonyl (C=O) groups is 1. The Kier molecular flexibility index (Phi) is 4.85. The number of furan rings is 1. The van der Waals surface area contributed by atoms with E-state index in [1.165, 1.54) is 0 Å². The summed E-state index contributed by atoms with van der Waals surface area (Å²) < 4.78 is 5.29. The van der Waals surface area contributed by atoms with E-state index in [0.29, 0.717) is 13.1 Å². The summed E-state index contributed by atoms with van der Waals surface area (Å²) in [6.45, 7) is 6.79. The van der Waals surface area contributed by atoms with E-state index < -0.39 is 0 Å². The fourth-order valence-electron chi connectivity index (χ4n) is 2.57. The minimum Gasteiger partial charge on any atom is -0.468 e. The van der Waals surface area contributed by atoms with E-state index in [9.17, 15) is 4.79 Å². The molecule has 0 aromatic carbocycles. The lowest BCUT2D eigenvalue weighted by molar-refractivity contribution is -0.130. The molecule has 23 heavy (non-hydrogen) atoms. The van der Waals surface area contributed by atoms with Crippen molar-refractivity contribution >= 4 is 23.6 Å². The number of piperazine rings is 1. The molecule has 1 atom stereocenters. The maximum Gasteiger partial charge on any atom is 0.235 e. The van der Waals surface area contributed by atoms with Crippen LogP contribution in [0, 0.1) is 6.92 Å². The Hall–Kier alpha value is -2.02. The predicted molar refractivity (Wildman–Crippen MR) is 89.6 cm³/mol. The topological polar surface area (TPSA) is 62.5 Å². The van der Waals surface area contributed by atoms with Crippen LogP contribution in [0.1, 0.15) is 12.7 Å². The molecule has 1 aliphatic rings. The Balaban J connectivity index is 1.55. The summed E-state index contributed by atoms with van der Waals surface area (Å²) in [4.78, 5) is 26.2. The van der Waals surface area contributed by atoms with Crippen molar-refractivity contribution in [2.75, 3.05) is 31.1 Å². The van der Waals surface area contributed by atoms with E-state index >= 15 is 0 Å². The van der Waals surface area contributed by atoms with Gasteiger partial charge in [0.2, 0.25) is 11.9 Å². The molecule has 0 N–H and O–H groups in total. The number of thioether (sulfide) groups is 1. The first-order valence-corrected chi connectivity index (χ1v) is 8.54. The van der Waals surface area contributed by atoms with E-state index in [1.54, 1.807) is 36.5 Å². The predicted octanol–water partition coefficient (Wildman–Crippen LogP) is 2.21. The van der Waals surface area contributed by atoms with Gasteiger partial charge in [0.15, 0.2) is 0 Å². The van der Waals surface area contributed by atoms with Gasteiger partial charge in [0, 0.05) is 43.5 Å². The minimum absolute atomic E-state index is 0.120. The fraction of sp³-hybridized carbons (Fsp3) is 0.438. The molecule has 3 rings (SSSR count). The molecule has 6 nitrogen and oxygen atoms in total. The summed E-state index contributed by atoms with van der Waals surface area (Å²) in [6, 6.07) is 3.72. The molecule has 7 heteroatoms. The highest BCUT2D eigenvalue weighted by atomic mass is 32.2. The van der Waals surface area contributed by atoms with Crippen LogP contribution in [0.4, 0.5) is 5.95 Å². The zero-order valence-corrected chi connectivity index (χ0v) is 14.1. The number of carbonyl (C=O) groups excluding carboxylic acids is 1. The summed E-state index contributed by atoms with van der Waals surface area (Å²) in [5.41, 5.74) is 0. The standard InChI is InChI=1S/C16H20N4O2S/c1-12-14(4-11-22-12)23-13(2)15(21)19-7-9-20(10-8-19)16-17-5-3-6-18-16/h3-6,11,13H,7-10H2,1-2H3. The average molecular weight is 332 g/mol. The van der Waals surface area contributed by atoms with Crippen LogP contribution in [0.25, 0.3) is 0 Å². The second-order valence-corrected chi connectivity index (χ2v) is 6.84. The number of aryl methyl sites for hydroxylation is 1. The summed E-state index contributed by atoms with van der Waals surface area (Å²) in [7, 11) is 0. The van der Waals surface area contributed by atoms with Gasteiger partial charge in [-0.3, -0.25) is 4.79 Å². The van der Waals surface area contributed by atoms with Crippen molar-refractivity contribution in [1.29, 1.82) is 0 Å². The van der Waals surface area contributed by atoms with Gasteiger partial charge in [0.05, 0.1) is 11.5 Å². The van der Waals surface area contributed by atoms with Gasteiger partial charge in [-0.2, -0.15) is 0 Å². The first kappa shape index (κ1) is 15.9. The number of nitrogens with zero attached hydrogens (tertiary/aromatic N) is 4. The lowest BCUT2D eigenvalue weighted by atomic mass is 10.3. The number of anilines is 1. The molecule has 0 spiro atoms. The molecule has 1 aliphatic heterocycles. The van der Waals surface area contributed by atoms with Gasteiger partial charge in [-0.15, -0.1) is 11.8 Å². The van der Waals surface area contributed by atoms with Gasteiger partial charge in [-0.25, -0.2) is 9.97 Å². The number of aromatic nitrogens is 2. The lowest BCUT2D eigenvalue weighted by Gasteiger charge is -2.35. The smallest absolute Gasteiger partial charge is 0.235 e. The Morgan fingerprint density at radius 1 is 1.26 bits per heavy atom. The second-order valence-electron chi connectivity index (χ2n) is 5.46. The molecule has 3 heterocycles. The van der Waals surface area contributed by atoms with Crippen molar-refractivity contribution < 1.29 is 9.21 Å². The van der Waals surface area contributed by atoms with Crippen LogP contribution in [-0.4, -0.2) is 52.2 Å². The largest absolute Gasteiger partial charge is 0.468 e. The minimum atomic E-state index is -0.120. The highest BCUT2D eigenvalue weighted by Crippen LogP contribution is 2.28. The summed E-state index contributed by atoms with van der Waals surface area (Å²) in [6.07, 6.45) is 5.14. The van der Waals surface area contributed by atoms with E-state index in [1.807, 2.05) is 24.8 Å². The van der Waals surface area contributed by atoms with Gasteiger partial charge in [-0.05, 0) is 26.0 Å². The quantitative estimate of drug-likeness (QED) is 0.800. The van der Waals surface area contributed by atoms with E-state index in [0.717, 1.165) is 29.7 Å². The van der Waals surface area contributed by atoms with E-state index in [4.69, 9.17) is 4.42 Å². The molecule has 0 radical (unpaired) electrons. The number of hydrogen-bond donors (Lipinski definition) is 0. The summed E-state index contributed by atoms with van der Waals surface area (Å²) in [5, 5.41) is -0.120. The lowest BCUT2D eigenvalue weighted by Crippen LogP contribution is -2.51. The van der Waals surface area contributed by atoms with Crippen LogP contribution in [-0.2, 0) is 4.79 Å². The molecule has 0 bridgehead atoms. The van der Waals surface area contributed by atoms with Gasteiger partial charge in [0.1, 0.15) is 5.76 Å². The van der Waals surface area contributed by atoms with Crippen molar-refractivity contribution in [3.8, 4) is 0 Å². The summed E-state index contributed by atoms with van der Waals surface area (Å²) in [5.74, 6) is 1.76.